The van der Waals surface area contributed by atoms with Gasteiger partial charge in [0.2, 0.25) is 5.91 Å². The number of imidazole rings is 1. The number of anilines is 1. The maximum Gasteiger partial charge on any atom is 0.387 e. The number of para-hydroxylation sites is 2. The number of carbonyl (C=O) groups is 1. The van der Waals surface area contributed by atoms with E-state index >= 15 is 0 Å². The van der Waals surface area contributed by atoms with Crippen LogP contribution in [0.2, 0.25) is 5.02 Å². The molecule has 130 valence electrons. The zero-order valence-electron chi connectivity index (χ0n) is 12.6. The Morgan fingerprint density at radius 1 is 1.32 bits per heavy atom. The van der Waals surface area contributed by atoms with E-state index in [2.05, 4.69) is 20.0 Å². The number of H-pyrrole nitrogens is 1. The minimum Gasteiger partial charge on any atom is -0.433 e. The van der Waals surface area contributed by atoms with Crippen LogP contribution in [-0.2, 0) is 4.79 Å². The number of carbonyl (C=O) groups excluding carboxylic acids is 1. The number of amides is 1. The van der Waals surface area contributed by atoms with E-state index in [9.17, 15) is 13.6 Å². The fourth-order valence-corrected chi connectivity index (χ4v) is 2.97. The van der Waals surface area contributed by atoms with Gasteiger partial charge in [0, 0.05) is 5.02 Å². The number of nitrogens with one attached hydrogen (secondary N) is 2. The Labute approximate surface area is 150 Å². The molecule has 0 saturated carbocycles. The summed E-state index contributed by atoms with van der Waals surface area (Å²) in [6.07, 6.45) is 0. The maximum atomic E-state index is 12.4. The first-order valence-electron chi connectivity index (χ1n) is 7.13. The molecule has 0 radical (unpaired) electrons. The van der Waals surface area contributed by atoms with Gasteiger partial charge in [-0.2, -0.15) is 8.78 Å². The number of hydrogen-bond donors (Lipinski definition) is 2. The first-order valence-corrected chi connectivity index (χ1v) is 8.49. The highest BCUT2D eigenvalue weighted by atomic mass is 35.5. The average molecular weight is 384 g/mol. The number of benzene rings is 2. The fourth-order valence-electron chi connectivity index (χ4n) is 2.12. The van der Waals surface area contributed by atoms with Crippen LogP contribution >= 0.6 is 23.4 Å². The van der Waals surface area contributed by atoms with E-state index in [1.54, 1.807) is 30.3 Å². The third-order valence-corrected chi connectivity index (χ3v) is 4.25. The molecule has 3 rings (SSSR count). The van der Waals surface area contributed by atoms with Crippen molar-refractivity contribution in [2.24, 2.45) is 0 Å². The molecule has 25 heavy (non-hydrogen) atoms. The molecule has 2 N–H and O–H groups in total. The third kappa shape index (κ3) is 4.61. The molecule has 0 atom stereocenters. The van der Waals surface area contributed by atoms with Gasteiger partial charge in [-0.25, -0.2) is 4.98 Å². The predicted octanol–water partition coefficient (Wildman–Crippen LogP) is 4.55. The molecule has 0 aliphatic heterocycles. The molecule has 0 unspecified atom stereocenters. The molecular weight excluding hydrogens is 372 g/mol. The van der Waals surface area contributed by atoms with Crippen LogP contribution < -0.4 is 10.1 Å². The van der Waals surface area contributed by atoms with Crippen molar-refractivity contribution in [3.63, 3.8) is 0 Å². The molecule has 2 aromatic carbocycles. The first-order chi connectivity index (χ1) is 12.0. The van der Waals surface area contributed by atoms with Gasteiger partial charge in [0.05, 0.1) is 22.5 Å². The summed E-state index contributed by atoms with van der Waals surface area (Å²) in [7, 11) is 0. The summed E-state index contributed by atoms with van der Waals surface area (Å²) in [5.41, 5.74) is 1.69. The standard InChI is InChI=1S/C16H12ClF2N3O2S/c17-9-5-6-10-12(7-9)22-16(21-10)25-8-14(23)20-11-3-1-2-4-13(11)24-15(18)19/h1-7,15H,8H2,(H,20,23)(H,21,22). The van der Waals surface area contributed by atoms with Crippen LogP contribution in [0.1, 0.15) is 0 Å². The van der Waals surface area contributed by atoms with E-state index in [-0.39, 0.29) is 23.1 Å². The highest BCUT2D eigenvalue weighted by molar-refractivity contribution is 7.99. The van der Waals surface area contributed by atoms with Crippen molar-refractivity contribution >= 4 is 46.0 Å². The quantitative estimate of drug-likeness (QED) is 0.613. The van der Waals surface area contributed by atoms with Crippen LogP contribution in [0.5, 0.6) is 5.75 Å². The summed E-state index contributed by atoms with van der Waals surface area (Å²) >= 11 is 7.10. The number of ether oxygens (including phenoxy) is 1. The first kappa shape index (κ1) is 17.5. The van der Waals surface area contributed by atoms with Gasteiger partial charge in [-0.1, -0.05) is 35.5 Å². The second-order valence-electron chi connectivity index (χ2n) is 4.91. The second kappa shape index (κ2) is 7.71. The third-order valence-electron chi connectivity index (χ3n) is 3.14. The number of nitrogens with zero attached hydrogens (tertiary/aromatic N) is 1. The Bertz CT molecular complexity index is 904. The number of thioether (sulfide) groups is 1. The van der Waals surface area contributed by atoms with E-state index in [4.69, 9.17) is 11.6 Å². The summed E-state index contributed by atoms with van der Waals surface area (Å²) in [6, 6.07) is 11.3. The largest absolute Gasteiger partial charge is 0.433 e. The van der Waals surface area contributed by atoms with Gasteiger partial charge in [0.15, 0.2) is 5.16 Å². The van der Waals surface area contributed by atoms with Crippen molar-refractivity contribution in [1.29, 1.82) is 0 Å². The van der Waals surface area contributed by atoms with Crippen molar-refractivity contribution in [3.05, 3.63) is 47.5 Å². The van der Waals surface area contributed by atoms with Crippen molar-refractivity contribution in [1.82, 2.24) is 9.97 Å². The lowest BCUT2D eigenvalue weighted by atomic mass is 10.3. The molecular formula is C16H12ClF2N3O2S. The number of fused-ring (bicyclic) bond motifs is 1. The van der Waals surface area contributed by atoms with Crippen molar-refractivity contribution in [3.8, 4) is 5.75 Å². The second-order valence-corrected chi connectivity index (χ2v) is 6.32. The SMILES string of the molecule is O=C(CSc1nc2ccc(Cl)cc2[nH]1)Nc1ccccc1OC(F)F. The van der Waals surface area contributed by atoms with Crippen LogP contribution in [0.3, 0.4) is 0 Å². The van der Waals surface area contributed by atoms with E-state index in [0.29, 0.717) is 10.2 Å². The Hall–Kier alpha value is -2.32. The van der Waals surface area contributed by atoms with E-state index < -0.39 is 6.61 Å². The molecule has 1 heterocycles. The topological polar surface area (TPSA) is 67.0 Å². The maximum absolute atomic E-state index is 12.4. The molecule has 0 fully saturated rings. The smallest absolute Gasteiger partial charge is 0.387 e. The summed E-state index contributed by atoms with van der Waals surface area (Å²) in [5.74, 6) is -0.403. The zero-order valence-corrected chi connectivity index (χ0v) is 14.2. The average Bonchev–Trinajstić information content (AvgIpc) is 2.96. The van der Waals surface area contributed by atoms with Gasteiger partial charge >= 0.3 is 6.61 Å². The zero-order chi connectivity index (χ0) is 17.8. The molecule has 0 aliphatic carbocycles. The van der Waals surface area contributed by atoms with Gasteiger partial charge in [-0.05, 0) is 30.3 Å². The number of rotatable bonds is 6. The molecule has 1 aromatic heterocycles. The van der Waals surface area contributed by atoms with Gasteiger partial charge in [-0.15, -0.1) is 0 Å². The van der Waals surface area contributed by atoms with Gasteiger partial charge in [-0.3, -0.25) is 4.79 Å². The molecule has 3 aromatic rings. The molecule has 0 bridgehead atoms. The van der Waals surface area contributed by atoms with Crippen molar-refractivity contribution in [2.75, 3.05) is 11.1 Å². The lowest BCUT2D eigenvalue weighted by Crippen LogP contribution is -2.15. The number of aromatic amines is 1. The Balaban J connectivity index is 1.62. The van der Waals surface area contributed by atoms with Crippen LogP contribution in [-0.4, -0.2) is 28.2 Å². The lowest BCUT2D eigenvalue weighted by molar-refractivity contribution is -0.113. The van der Waals surface area contributed by atoms with E-state index in [1.165, 1.54) is 23.9 Å². The monoisotopic (exact) mass is 383 g/mol. The molecule has 0 saturated heterocycles. The molecule has 0 aliphatic rings. The van der Waals surface area contributed by atoms with Crippen LogP contribution in [0.15, 0.2) is 47.6 Å². The van der Waals surface area contributed by atoms with Gasteiger partial charge in [0.1, 0.15) is 5.75 Å². The Morgan fingerprint density at radius 2 is 2.12 bits per heavy atom. The van der Waals surface area contributed by atoms with Gasteiger partial charge < -0.3 is 15.0 Å². The van der Waals surface area contributed by atoms with Crippen molar-refractivity contribution in [2.45, 2.75) is 11.8 Å². The predicted molar refractivity (Wildman–Crippen MR) is 93.5 cm³/mol. The van der Waals surface area contributed by atoms with Gasteiger partial charge in [0.25, 0.3) is 0 Å². The number of hydrogen-bond acceptors (Lipinski definition) is 4. The molecule has 5 nitrogen and oxygen atoms in total. The minimum absolute atomic E-state index is 0.0521. The van der Waals surface area contributed by atoms with Crippen LogP contribution in [0.4, 0.5) is 14.5 Å². The highest BCUT2D eigenvalue weighted by Crippen LogP contribution is 2.26. The van der Waals surface area contributed by atoms with E-state index in [0.717, 1.165) is 11.0 Å². The number of alkyl halides is 2. The van der Waals surface area contributed by atoms with E-state index in [1.807, 2.05) is 0 Å². The summed E-state index contributed by atoms with van der Waals surface area (Å²) in [5, 5.41) is 3.69. The highest BCUT2D eigenvalue weighted by Gasteiger charge is 2.12. The lowest BCUT2D eigenvalue weighted by Gasteiger charge is -2.11. The molecule has 0 spiro atoms. The summed E-state index contributed by atoms with van der Waals surface area (Å²) in [4.78, 5) is 19.4. The molecule has 1 amide bonds. The Morgan fingerprint density at radius 3 is 2.92 bits per heavy atom. The normalized spacial score (nSPS) is 11.0. The van der Waals surface area contributed by atoms with Crippen LogP contribution in [0.25, 0.3) is 11.0 Å². The fraction of sp³-hybridized carbons (Fsp3) is 0.125. The summed E-state index contributed by atoms with van der Waals surface area (Å²) < 4.78 is 29.1. The Kier molecular flexibility index (Phi) is 5.40. The number of halogens is 3. The van der Waals surface area contributed by atoms with Crippen LogP contribution in [0, 0.1) is 0 Å². The summed E-state index contributed by atoms with van der Waals surface area (Å²) in [6.45, 7) is -2.96. The number of aromatic nitrogens is 2. The van der Waals surface area contributed by atoms with Crippen molar-refractivity contribution < 1.29 is 18.3 Å². The minimum atomic E-state index is -2.96. The molecule has 9 heteroatoms.